The number of rotatable bonds is 6. The van der Waals surface area contributed by atoms with Gasteiger partial charge in [-0.3, -0.25) is 4.79 Å². The number of hydrogen-bond donors (Lipinski definition) is 0. The molecule has 5 nitrogen and oxygen atoms in total. The van der Waals surface area contributed by atoms with Gasteiger partial charge in [-0.25, -0.2) is 0 Å². The molecule has 0 fully saturated rings. The van der Waals surface area contributed by atoms with Crippen LogP contribution in [-0.2, 0) is 4.74 Å². The van der Waals surface area contributed by atoms with Crippen LogP contribution in [0.5, 0.6) is 11.5 Å². The number of aryl methyl sites for hydroxylation is 1. The van der Waals surface area contributed by atoms with Crippen LogP contribution >= 0.6 is 0 Å². The molecule has 0 aliphatic rings. The first-order valence-electron chi connectivity index (χ1n) is 6.09. The average molecular weight is 276 g/mol. The van der Waals surface area contributed by atoms with E-state index in [-0.39, 0.29) is 18.8 Å². The Morgan fingerprint density at radius 1 is 1.30 bits per heavy atom. The van der Waals surface area contributed by atoms with Crippen LogP contribution in [0.15, 0.2) is 40.1 Å². The second-order valence-electron chi connectivity index (χ2n) is 4.17. The molecule has 0 unspecified atom stereocenters. The van der Waals surface area contributed by atoms with Crippen molar-refractivity contribution >= 4 is 11.0 Å². The van der Waals surface area contributed by atoms with Crippen molar-refractivity contribution in [3.05, 3.63) is 46.8 Å². The number of methoxy groups -OCH3 is 1. The fourth-order valence-electron chi connectivity index (χ4n) is 1.82. The summed E-state index contributed by atoms with van der Waals surface area (Å²) in [7, 11) is 1.53. The van der Waals surface area contributed by atoms with Crippen molar-refractivity contribution in [2.75, 3.05) is 20.5 Å². The summed E-state index contributed by atoms with van der Waals surface area (Å²) in [6, 6.07) is 4.71. The second-order valence-corrected chi connectivity index (χ2v) is 4.17. The first kappa shape index (κ1) is 14.1. The van der Waals surface area contributed by atoms with Crippen LogP contribution in [-0.4, -0.2) is 20.5 Å². The highest BCUT2D eigenvalue weighted by Crippen LogP contribution is 2.29. The molecule has 0 spiro atoms. The third-order valence-electron chi connectivity index (χ3n) is 2.59. The molecule has 0 saturated heterocycles. The minimum absolute atomic E-state index is 0.0997. The van der Waals surface area contributed by atoms with Crippen molar-refractivity contribution in [1.29, 1.82) is 0 Å². The topological polar surface area (TPSA) is 57.9 Å². The second kappa shape index (κ2) is 6.25. The van der Waals surface area contributed by atoms with Gasteiger partial charge in [-0.2, -0.15) is 0 Å². The van der Waals surface area contributed by atoms with Crippen molar-refractivity contribution in [2.45, 2.75) is 6.92 Å². The zero-order chi connectivity index (χ0) is 14.5. The van der Waals surface area contributed by atoms with Gasteiger partial charge < -0.3 is 18.6 Å². The third kappa shape index (κ3) is 3.00. The molecule has 20 heavy (non-hydrogen) atoms. The van der Waals surface area contributed by atoms with Gasteiger partial charge in [0.25, 0.3) is 0 Å². The summed E-state index contributed by atoms with van der Waals surface area (Å²) < 4.78 is 21.3. The molecule has 5 heteroatoms. The lowest BCUT2D eigenvalue weighted by Crippen LogP contribution is -2.06. The van der Waals surface area contributed by atoms with Crippen LogP contribution in [0, 0.1) is 6.92 Å². The van der Waals surface area contributed by atoms with E-state index in [4.69, 9.17) is 18.6 Å². The first-order valence-corrected chi connectivity index (χ1v) is 6.09. The van der Waals surface area contributed by atoms with E-state index < -0.39 is 0 Å². The van der Waals surface area contributed by atoms with E-state index in [2.05, 4.69) is 6.58 Å². The Kier molecular flexibility index (Phi) is 4.42. The highest BCUT2D eigenvalue weighted by atomic mass is 16.7. The molecule has 0 aliphatic heterocycles. The number of ether oxygens (including phenoxy) is 3. The number of benzene rings is 1. The lowest BCUT2D eigenvalue weighted by atomic mass is 10.2. The molecule has 106 valence electrons. The molecule has 1 aromatic heterocycles. The Morgan fingerprint density at radius 3 is 2.80 bits per heavy atom. The van der Waals surface area contributed by atoms with Crippen LogP contribution in [0.4, 0.5) is 0 Å². The van der Waals surface area contributed by atoms with Gasteiger partial charge in [-0.05, 0) is 6.92 Å². The minimum atomic E-state index is -0.152. The summed E-state index contributed by atoms with van der Waals surface area (Å²) in [5, 5.41) is 0.391. The molecular weight excluding hydrogens is 260 g/mol. The quantitative estimate of drug-likeness (QED) is 0.599. The van der Waals surface area contributed by atoms with E-state index in [1.54, 1.807) is 25.1 Å². The molecule has 0 N–H and O–H groups in total. The summed E-state index contributed by atoms with van der Waals surface area (Å²) in [5.41, 5.74) is 0.267. The summed E-state index contributed by atoms with van der Waals surface area (Å²) in [6.45, 7) is 5.69. The van der Waals surface area contributed by atoms with E-state index in [0.29, 0.717) is 28.2 Å². The lowest BCUT2D eigenvalue weighted by Gasteiger charge is -2.11. The minimum Gasteiger partial charge on any atom is -0.488 e. The molecule has 0 bridgehead atoms. The highest BCUT2D eigenvalue weighted by molar-refractivity contribution is 5.85. The normalized spacial score (nSPS) is 10.5. The summed E-state index contributed by atoms with van der Waals surface area (Å²) in [5.74, 6) is 1.44. The van der Waals surface area contributed by atoms with Gasteiger partial charge in [0, 0.05) is 25.3 Å². The predicted molar refractivity (Wildman–Crippen MR) is 75.4 cm³/mol. The van der Waals surface area contributed by atoms with E-state index in [1.807, 2.05) is 0 Å². The third-order valence-corrected chi connectivity index (χ3v) is 2.59. The summed E-state index contributed by atoms with van der Waals surface area (Å²) >= 11 is 0. The van der Waals surface area contributed by atoms with Crippen molar-refractivity contribution in [3.63, 3.8) is 0 Å². The van der Waals surface area contributed by atoms with Crippen LogP contribution < -0.4 is 14.9 Å². The van der Waals surface area contributed by atoms with E-state index in [0.717, 1.165) is 0 Å². The smallest absolute Gasteiger partial charge is 0.196 e. The lowest BCUT2D eigenvalue weighted by molar-refractivity contribution is 0.0510. The van der Waals surface area contributed by atoms with Crippen molar-refractivity contribution < 1.29 is 18.6 Å². The average Bonchev–Trinajstić information content (AvgIpc) is 2.41. The van der Waals surface area contributed by atoms with Gasteiger partial charge in [-0.15, -0.1) is 0 Å². The summed E-state index contributed by atoms with van der Waals surface area (Å²) in [4.78, 5) is 12.1. The van der Waals surface area contributed by atoms with E-state index in [9.17, 15) is 4.79 Å². The maximum atomic E-state index is 12.1. The molecule has 0 radical (unpaired) electrons. The summed E-state index contributed by atoms with van der Waals surface area (Å²) in [6.07, 6.45) is 1.60. The first-order chi connectivity index (χ1) is 9.65. The Morgan fingerprint density at radius 2 is 2.10 bits per heavy atom. The highest BCUT2D eigenvalue weighted by Gasteiger charge is 2.12. The van der Waals surface area contributed by atoms with E-state index in [1.165, 1.54) is 13.2 Å². The Balaban J connectivity index is 2.58. The predicted octanol–water partition coefficient (Wildman–Crippen LogP) is 2.65. The van der Waals surface area contributed by atoms with Crippen molar-refractivity contribution in [1.82, 2.24) is 0 Å². The maximum Gasteiger partial charge on any atom is 0.196 e. The van der Waals surface area contributed by atoms with Gasteiger partial charge in [0.05, 0.1) is 0 Å². The molecule has 0 aliphatic carbocycles. The Hall–Kier alpha value is -2.27. The fourth-order valence-corrected chi connectivity index (χ4v) is 1.82. The SMILES string of the molecule is C=CCOc1cc(OCOC)cc2oc(C)cc(=O)c12. The monoisotopic (exact) mass is 276 g/mol. The van der Waals surface area contributed by atoms with Crippen LogP contribution in [0.25, 0.3) is 11.0 Å². The molecule has 2 aromatic rings. The van der Waals surface area contributed by atoms with Crippen LogP contribution in [0.3, 0.4) is 0 Å². The Labute approximate surface area is 116 Å². The van der Waals surface area contributed by atoms with Crippen LogP contribution in [0.2, 0.25) is 0 Å². The molecular formula is C15H16O5. The van der Waals surface area contributed by atoms with Crippen LogP contribution in [0.1, 0.15) is 5.76 Å². The molecule has 0 atom stereocenters. The zero-order valence-electron chi connectivity index (χ0n) is 11.5. The van der Waals surface area contributed by atoms with E-state index >= 15 is 0 Å². The van der Waals surface area contributed by atoms with Gasteiger partial charge in [0.2, 0.25) is 0 Å². The molecule has 2 rings (SSSR count). The largest absolute Gasteiger partial charge is 0.488 e. The number of fused-ring (bicyclic) bond motifs is 1. The van der Waals surface area contributed by atoms with Crippen molar-refractivity contribution in [2.24, 2.45) is 0 Å². The Bertz CT molecular complexity index is 672. The molecule has 0 amide bonds. The van der Waals surface area contributed by atoms with Gasteiger partial charge >= 0.3 is 0 Å². The van der Waals surface area contributed by atoms with Gasteiger partial charge in [0.15, 0.2) is 12.2 Å². The fraction of sp³-hybridized carbons (Fsp3) is 0.267. The number of hydrogen-bond acceptors (Lipinski definition) is 5. The molecule has 1 heterocycles. The standard InChI is InChI=1S/C15H16O5/c1-4-5-18-13-7-11(19-9-17-3)8-14-15(13)12(16)6-10(2)20-14/h4,6-8H,1,5,9H2,2-3H3. The maximum absolute atomic E-state index is 12.1. The van der Waals surface area contributed by atoms with Gasteiger partial charge in [0.1, 0.15) is 34.8 Å². The zero-order valence-corrected chi connectivity index (χ0v) is 11.5. The molecule has 1 aromatic carbocycles. The molecule has 0 saturated carbocycles. The van der Waals surface area contributed by atoms with Gasteiger partial charge in [-0.1, -0.05) is 12.7 Å². The van der Waals surface area contributed by atoms with Crippen molar-refractivity contribution in [3.8, 4) is 11.5 Å².